The second kappa shape index (κ2) is 6.90. The molecule has 5 nitrogen and oxygen atoms in total. The quantitative estimate of drug-likeness (QED) is 0.831. The van der Waals surface area contributed by atoms with Gasteiger partial charge in [0.15, 0.2) is 0 Å². The number of pyridine rings is 1. The monoisotopic (exact) mass is 296 g/mol. The zero-order valence-electron chi connectivity index (χ0n) is 11.7. The summed E-state index contributed by atoms with van der Waals surface area (Å²) in [5, 5.41) is 3.22. The highest BCUT2D eigenvalue weighted by Gasteiger charge is 2.19. The van der Waals surface area contributed by atoms with E-state index in [4.69, 9.17) is 17.3 Å². The number of piperidine rings is 1. The number of rotatable bonds is 4. The van der Waals surface area contributed by atoms with Crippen molar-refractivity contribution >= 4 is 23.2 Å². The van der Waals surface area contributed by atoms with E-state index in [0.717, 1.165) is 32.5 Å². The van der Waals surface area contributed by atoms with Crippen molar-refractivity contribution in [3.63, 3.8) is 0 Å². The third kappa shape index (κ3) is 3.84. The van der Waals surface area contributed by atoms with E-state index in [0.29, 0.717) is 23.7 Å². The lowest BCUT2D eigenvalue weighted by atomic mass is 9.97. The van der Waals surface area contributed by atoms with Crippen LogP contribution in [-0.4, -0.2) is 42.0 Å². The molecule has 20 heavy (non-hydrogen) atoms. The minimum absolute atomic E-state index is 0.176. The fourth-order valence-electron chi connectivity index (χ4n) is 2.48. The molecular weight excluding hydrogens is 276 g/mol. The lowest BCUT2D eigenvalue weighted by Crippen LogP contribution is -2.38. The molecule has 1 aliphatic rings. The van der Waals surface area contributed by atoms with Crippen molar-refractivity contribution < 1.29 is 4.79 Å². The van der Waals surface area contributed by atoms with Gasteiger partial charge in [0, 0.05) is 6.54 Å². The van der Waals surface area contributed by atoms with Crippen LogP contribution in [0, 0.1) is 5.92 Å². The Balaban J connectivity index is 1.85. The summed E-state index contributed by atoms with van der Waals surface area (Å²) < 4.78 is 0. The molecule has 1 aliphatic heterocycles. The van der Waals surface area contributed by atoms with Crippen molar-refractivity contribution in [1.29, 1.82) is 0 Å². The molecule has 0 aromatic carbocycles. The summed E-state index contributed by atoms with van der Waals surface area (Å²) in [5.41, 5.74) is 6.50. The number of nitrogens with one attached hydrogen (secondary N) is 1. The Morgan fingerprint density at radius 2 is 2.25 bits per heavy atom. The second-order valence-electron chi connectivity index (χ2n) is 5.18. The van der Waals surface area contributed by atoms with Gasteiger partial charge in [-0.15, -0.1) is 0 Å². The van der Waals surface area contributed by atoms with Crippen molar-refractivity contribution in [1.82, 2.24) is 15.2 Å². The van der Waals surface area contributed by atoms with Gasteiger partial charge in [0.2, 0.25) is 0 Å². The lowest BCUT2D eigenvalue weighted by Gasteiger charge is -2.31. The average molecular weight is 297 g/mol. The Hall–Kier alpha value is -1.33. The van der Waals surface area contributed by atoms with Crippen LogP contribution in [0.15, 0.2) is 12.3 Å². The van der Waals surface area contributed by atoms with Gasteiger partial charge >= 0.3 is 0 Å². The minimum Gasteiger partial charge on any atom is -0.397 e. The van der Waals surface area contributed by atoms with Crippen LogP contribution in [0.2, 0.25) is 5.15 Å². The molecule has 0 unspecified atom stereocenters. The molecule has 0 bridgehead atoms. The first-order valence-corrected chi connectivity index (χ1v) is 7.39. The molecule has 1 saturated heterocycles. The molecule has 2 rings (SSSR count). The van der Waals surface area contributed by atoms with Gasteiger partial charge in [-0.1, -0.05) is 18.5 Å². The summed E-state index contributed by atoms with van der Waals surface area (Å²) in [6, 6.07) is 1.51. The predicted octanol–water partition coefficient (Wildman–Crippen LogP) is 1.78. The number of likely N-dealkylation sites (tertiary alicyclic amines) is 1. The van der Waals surface area contributed by atoms with E-state index in [1.165, 1.54) is 12.3 Å². The summed E-state index contributed by atoms with van der Waals surface area (Å²) in [4.78, 5) is 18.4. The number of nitrogens with zero attached hydrogens (tertiary/aromatic N) is 2. The molecule has 1 fully saturated rings. The number of carbonyl (C=O) groups is 1. The molecule has 1 aromatic rings. The maximum Gasteiger partial charge on any atom is 0.253 e. The Kier molecular flexibility index (Phi) is 5.20. The molecule has 1 aromatic heterocycles. The van der Waals surface area contributed by atoms with E-state index in [9.17, 15) is 4.79 Å². The second-order valence-corrected chi connectivity index (χ2v) is 5.57. The molecule has 3 N–H and O–H groups in total. The number of hydrogen-bond acceptors (Lipinski definition) is 4. The Labute approximate surface area is 124 Å². The number of amides is 1. The fraction of sp³-hybridized carbons (Fsp3) is 0.571. The van der Waals surface area contributed by atoms with E-state index >= 15 is 0 Å². The highest BCUT2D eigenvalue weighted by molar-refractivity contribution is 6.29. The van der Waals surface area contributed by atoms with E-state index in [1.54, 1.807) is 0 Å². The summed E-state index contributed by atoms with van der Waals surface area (Å²) in [6.07, 6.45) is 3.67. The number of hydrogen-bond donors (Lipinski definition) is 2. The van der Waals surface area contributed by atoms with Gasteiger partial charge in [0.05, 0.1) is 17.4 Å². The van der Waals surface area contributed by atoms with Crippen LogP contribution in [0.25, 0.3) is 0 Å². The first-order valence-electron chi connectivity index (χ1n) is 7.01. The number of aromatic nitrogens is 1. The van der Waals surface area contributed by atoms with Gasteiger partial charge in [-0.05, 0) is 44.5 Å². The lowest BCUT2D eigenvalue weighted by molar-refractivity contribution is 0.0937. The molecular formula is C14H21ClN4O. The molecule has 0 spiro atoms. The third-order valence-electron chi connectivity index (χ3n) is 3.85. The highest BCUT2D eigenvalue weighted by Crippen LogP contribution is 2.17. The zero-order valence-corrected chi connectivity index (χ0v) is 12.5. The van der Waals surface area contributed by atoms with Crippen molar-refractivity contribution in [3.05, 3.63) is 23.0 Å². The van der Waals surface area contributed by atoms with Gasteiger partial charge in [-0.3, -0.25) is 4.79 Å². The number of nitrogens with two attached hydrogens (primary N) is 1. The molecule has 0 atom stereocenters. The minimum atomic E-state index is -0.176. The maximum absolute atomic E-state index is 12.1. The highest BCUT2D eigenvalue weighted by atomic mass is 35.5. The predicted molar refractivity (Wildman–Crippen MR) is 80.8 cm³/mol. The van der Waals surface area contributed by atoms with Crippen molar-refractivity contribution in [2.75, 3.05) is 31.9 Å². The third-order valence-corrected chi connectivity index (χ3v) is 4.06. The summed E-state index contributed by atoms with van der Waals surface area (Å²) in [7, 11) is 0. The van der Waals surface area contributed by atoms with Crippen molar-refractivity contribution in [2.45, 2.75) is 19.8 Å². The van der Waals surface area contributed by atoms with E-state index in [1.807, 2.05) is 0 Å². The number of halogens is 1. The Morgan fingerprint density at radius 1 is 1.55 bits per heavy atom. The summed E-state index contributed by atoms with van der Waals surface area (Å²) in [6.45, 7) is 6.19. The first-order chi connectivity index (χ1) is 9.60. The van der Waals surface area contributed by atoms with Crippen molar-refractivity contribution in [3.8, 4) is 0 Å². The molecule has 1 amide bonds. The number of anilines is 1. The topological polar surface area (TPSA) is 71.2 Å². The molecule has 0 aliphatic carbocycles. The first kappa shape index (κ1) is 15.1. The van der Waals surface area contributed by atoms with E-state index < -0.39 is 0 Å². The van der Waals surface area contributed by atoms with Crippen LogP contribution in [0.5, 0.6) is 0 Å². The van der Waals surface area contributed by atoms with Gasteiger partial charge in [-0.25, -0.2) is 4.98 Å². The standard InChI is InChI=1S/C14H21ClN4O/c1-2-19-5-3-10(4-6-19)8-18-14(20)11-7-13(15)17-9-12(11)16/h7,9-10H,2-6,8,16H2,1H3,(H,18,20). The van der Waals surface area contributed by atoms with Crippen LogP contribution in [0.1, 0.15) is 30.1 Å². The van der Waals surface area contributed by atoms with Gasteiger partial charge in [-0.2, -0.15) is 0 Å². The largest absolute Gasteiger partial charge is 0.397 e. The number of carbonyl (C=O) groups excluding carboxylic acids is 1. The van der Waals surface area contributed by atoms with E-state index in [-0.39, 0.29) is 11.1 Å². The Morgan fingerprint density at radius 3 is 2.90 bits per heavy atom. The van der Waals surface area contributed by atoms with Crippen LogP contribution in [-0.2, 0) is 0 Å². The van der Waals surface area contributed by atoms with Crippen LogP contribution >= 0.6 is 11.6 Å². The van der Waals surface area contributed by atoms with Gasteiger partial charge < -0.3 is 16.0 Å². The van der Waals surface area contributed by atoms with Gasteiger partial charge in [0.25, 0.3) is 5.91 Å². The Bertz CT molecular complexity index is 472. The zero-order chi connectivity index (χ0) is 14.5. The molecule has 0 radical (unpaired) electrons. The molecule has 2 heterocycles. The van der Waals surface area contributed by atoms with E-state index in [2.05, 4.69) is 22.1 Å². The molecule has 110 valence electrons. The van der Waals surface area contributed by atoms with Crippen LogP contribution in [0.4, 0.5) is 5.69 Å². The molecule has 6 heteroatoms. The average Bonchev–Trinajstić information content (AvgIpc) is 2.47. The SMILES string of the molecule is CCN1CCC(CNC(=O)c2cc(Cl)ncc2N)CC1. The van der Waals surface area contributed by atoms with Gasteiger partial charge in [0.1, 0.15) is 5.15 Å². The summed E-state index contributed by atoms with van der Waals surface area (Å²) >= 11 is 5.79. The maximum atomic E-state index is 12.1. The normalized spacial score (nSPS) is 17.1. The van der Waals surface area contributed by atoms with Crippen molar-refractivity contribution in [2.24, 2.45) is 5.92 Å². The molecule has 0 saturated carbocycles. The smallest absolute Gasteiger partial charge is 0.253 e. The number of nitrogen functional groups attached to an aromatic ring is 1. The van der Waals surface area contributed by atoms with Crippen LogP contribution in [0.3, 0.4) is 0 Å². The summed E-state index contributed by atoms with van der Waals surface area (Å²) in [5.74, 6) is 0.366. The van der Waals surface area contributed by atoms with Crippen LogP contribution < -0.4 is 11.1 Å². The fourth-order valence-corrected chi connectivity index (χ4v) is 2.63.